The molecular weight excluding hydrogens is 587 g/mol. The van der Waals surface area contributed by atoms with Gasteiger partial charge in [0.15, 0.2) is 11.5 Å². The zero-order valence-corrected chi connectivity index (χ0v) is 23.9. The Morgan fingerprint density at radius 3 is 2.44 bits per heavy atom. The highest BCUT2D eigenvalue weighted by Crippen LogP contribution is 2.44. The third-order valence-electron chi connectivity index (χ3n) is 6.64. The lowest BCUT2D eigenvalue weighted by atomic mass is 10.0. The molecule has 4 heterocycles. The molecule has 0 aliphatic heterocycles. The number of thiophene rings is 1. The van der Waals surface area contributed by atoms with Crippen LogP contribution in [0.2, 0.25) is 0 Å². The van der Waals surface area contributed by atoms with E-state index in [1.807, 2.05) is 6.92 Å². The van der Waals surface area contributed by atoms with Crippen LogP contribution in [0.25, 0.3) is 21.3 Å². The Kier molecular flexibility index (Phi) is 7.80. The van der Waals surface area contributed by atoms with Gasteiger partial charge in [0.05, 0.1) is 11.9 Å². The number of ether oxygens (including phenoxy) is 1. The number of hydrogen-bond donors (Lipinski definition) is 2. The van der Waals surface area contributed by atoms with E-state index in [9.17, 15) is 27.6 Å². The predicted molar refractivity (Wildman–Crippen MR) is 152 cm³/mol. The van der Waals surface area contributed by atoms with Crippen LogP contribution >= 0.6 is 11.3 Å². The van der Waals surface area contributed by atoms with Crippen LogP contribution in [0, 0.1) is 6.92 Å². The maximum Gasteiger partial charge on any atom is 0.433 e. The van der Waals surface area contributed by atoms with Crippen LogP contribution in [-0.2, 0) is 19.3 Å². The van der Waals surface area contributed by atoms with E-state index in [0.717, 1.165) is 6.07 Å². The molecular formula is C29H24F3N5O5S. The Hall–Kier alpha value is -4.98. The molecule has 14 heteroatoms. The van der Waals surface area contributed by atoms with E-state index in [1.54, 1.807) is 35.9 Å². The quantitative estimate of drug-likeness (QED) is 0.188. The van der Waals surface area contributed by atoms with Crippen LogP contribution in [-0.4, -0.2) is 32.4 Å². The van der Waals surface area contributed by atoms with E-state index in [1.165, 1.54) is 25.3 Å². The van der Waals surface area contributed by atoms with Gasteiger partial charge in [0, 0.05) is 28.8 Å². The van der Waals surface area contributed by atoms with Crippen molar-refractivity contribution in [3.8, 4) is 16.9 Å². The average Bonchev–Trinajstić information content (AvgIpc) is 3.68. The van der Waals surface area contributed by atoms with Crippen molar-refractivity contribution in [1.29, 1.82) is 0 Å². The Labute approximate surface area is 246 Å². The fourth-order valence-corrected chi connectivity index (χ4v) is 5.48. The topological polar surface area (TPSA) is 142 Å². The largest absolute Gasteiger partial charge is 0.486 e. The molecule has 0 saturated carbocycles. The summed E-state index contributed by atoms with van der Waals surface area (Å²) in [7, 11) is 0. The van der Waals surface area contributed by atoms with E-state index in [2.05, 4.69) is 15.4 Å². The number of alkyl halides is 3. The summed E-state index contributed by atoms with van der Waals surface area (Å²) in [5.41, 5.74) is 5.90. The molecule has 0 unspecified atom stereocenters. The summed E-state index contributed by atoms with van der Waals surface area (Å²) < 4.78 is 54.4. The minimum atomic E-state index is -4.78. The summed E-state index contributed by atoms with van der Waals surface area (Å²) in [6, 6.07) is 10.3. The zero-order valence-electron chi connectivity index (χ0n) is 23.0. The molecule has 3 N–H and O–H groups in total. The second kappa shape index (κ2) is 11.4. The summed E-state index contributed by atoms with van der Waals surface area (Å²) in [6.45, 7) is 5.43. The maximum absolute atomic E-state index is 13.8. The number of carbonyl (C=O) groups is 3. The number of ketones is 1. The van der Waals surface area contributed by atoms with E-state index in [4.69, 9.17) is 14.9 Å². The van der Waals surface area contributed by atoms with Crippen LogP contribution in [0.3, 0.4) is 0 Å². The van der Waals surface area contributed by atoms with Crippen LogP contribution in [0.5, 0.6) is 5.75 Å². The van der Waals surface area contributed by atoms with Gasteiger partial charge in [-0.2, -0.15) is 18.3 Å². The fraction of sp³-hybridized carbons (Fsp3) is 0.207. The molecule has 0 aliphatic carbocycles. The summed E-state index contributed by atoms with van der Waals surface area (Å²) in [5, 5.41) is 6.95. The Morgan fingerprint density at radius 2 is 1.84 bits per heavy atom. The number of benzene rings is 1. The molecule has 5 rings (SSSR count). The van der Waals surface area contributed by atoms with Crippen molar-refractivity contribution in [2.75, 3.05) is 5.32 Å². The monoisotopic (exact) mass is 611 g/mol. The molecule has 0 atom stereocenters. The molecule has 2 amide bonds. The van der Waals surface area contributed by atoms with Gasteiger partial charge in [-0.15, -0.1) is 11.3 Å². The number of nitrogens with one attached hydrogen (secondary N) is 1. The molecule has 43 heavy (non-hydrogen) atoms. The summed E-state index contributed by atoms with van der Waals surface area (Å²) >= 11 is 0.641. The van der Waals surface area contributed by atoms with Gasteiger partial charge in [0.2, 0.25) is 0 Å². The highest BCUT2D eigenvalue weighted by Gasteiger charge is 2.35. The van der Waals surface area contributed by atoms with Crippen molar-refractivity contribution < 1.29 is 36.7 Å². The standard InChI is InChI=1S/C29H24F3N5O5S/c1-4-37-14(2)20(12-34-37)19-11-22(29(30,31)32)35-28-23(19)24(25(43-28)26(33)39)36-27(40)21-10-9-18(42-21)13-41-17-7-5-16(6-8-17)15(3)38/h5-12H,4,13H2,1-3H3,(H2,33,39)(H,36,40). The number of carbonyl (C=O) groups excluding carboxylic acids is 3. The number of fused-ring (bicyclic) bond motifs is 1. The second-order valence-corrected chi connectivity index (χ2v) is 10.5. The van der Waals surface area contributed by atoms with Gasteiger partial charge >= 0.3 is 6.18 Å². The number of hydrogen-bond acceptors (Lipinski definition) is 8. The van der Waals surface area contributed by atoms with Crippen LogP contribution < -0.4 is 15.8 Å². The number of furan rings is 1. The highest BCUT2D eigenvalue weighted by molar-refractivity contribution is 7.21. The van der Waals surface area contributed by atoms with Crippen LogP contribution in [0.15, 0.2) is 53.1 Å². The maximum atomic E-state index is 13.8. The van der Waals surface area contributed by atoms with E-state index in [0.29, 0.717) is 46.2 Å². The summed E-state index contributed by atoms with van der Waals surface area (Å²) in [4.78, 5) is 40.6. The lowest BCUT2D eigenvalue weighted by Gasteiger charge is -2.12. The van der Waals surface area contributed by atoms with Crippen molar-refractivity contribution in [1.82, 2.24) is 14.8 Å². The first-order chi connectivity index (χ1) is 20.4. The molecule has 222 valence electrons. The molecule has 0 saturated heterocycles. The van der Waals surface area contributed by atoms with E-state index in [-0.39, 0.29) is 44.5 Å². The van der Waals surface area contributed by atoms with Gasteiger partial charge in [0.25, 0.3) is 11.8 Å². The number of anilines is 1. The first-order valence-corrected chi connectivity index (χ1v) is 13.7. The highest BCUT2D eigenvalue weighted by atomic mass is 32.1. The smallest absolute Gasteiger partial charge is 0.433 e. The van der Waals surface area contributed by atoms with Crippen molar-refractivity contribution in [3.05, 3.63) is 82.0 Å². The van der Waals surface area contributed by atoms with E-state index >= 15 is 0 Å². The summed E-state index contributed by atoms with van der Waals surface area (Å²) in [5.74, 6) is -1.18. The summed E-state index contributed by atoms with van der Waals surface area (Å²) in [6.07, 6.45) is -3.35. The molecule has 0 bridgehead atoms. The van der Waals surface area contributed by atoms with Gasteiger partial charge < -0.3 is 20.2 Å². The lowest BCUT2D eigenvalue weighted by Crippen LogP contribution is -2.16. The van der Waals surface area contributed by atoms with Gasteiger partial charge in [0.1, 0.15) is 33.5 Å². The van der Waals surface area contributed by atoms with Crippen molar-refractivity contribution >= 4 is 44.8 Å². The number of Topliss-reactive ketones (excluding diaryl/α,β-unsaturated/α-hetero) is 1. The van der Waals surface area contributed by atoms with Gasteiger partial charge in [-0.05, 0) is 68.8 Å². The number of nitrogens with two attached hydrogens (primary N) is 1. The molecule has 5 aromatic rings. The predicted octanol–water partition coefficient (Wildman–Crippen LogP) is 6.23. The van der Waals surface area contributed by atoms with E-state index < -0.39 is 23.7 Å². The number of aromatic nitrogens is 3. The normalized spacial score (nSPS) is 11.6. The Morgan fingerprint density at radius 1 is 1.12 bits per heavy atom. The lowest BCUT2D eigenvalue weighted by molar-refractivity contribution is -0.140. The average molecular weight is 612 g/mol. The number of nitrogens with zero attached hydrogens (tertiary/aromatic N) is 3. The molecule has 0 aliphatic rings. The van der Waals surface area contributed by atoms with Crippen molar-refractivity contribution in [2.24, 2.45) is 5.73 Å². The number of aryl methyl sites for hydroxylation is 1. The van der Waals surface area contributed by atoms with Gasteiger partial charge in [-0.25, -0.2) is 4.98 Å². The molecule has 0 spiro atoms. The fourth-order valence-electron chi connectivity index (χ4n) is 4.47. The Balaban J connectivity index is 1.49. The molecule has 1 aromatic carbocycles. The number of rotatable bonds is 9. The number of amides is 2. The Bertz CT molecular complexity index is 1870. The third-order valence-corrected chi connectivity index (χ3v) is 7.73. The van der Waals surface area contributed by atoms with Crippen LogP contribution in [0.1, 0.15) is 61.6 Å². The van der Waals surface area contributed by atoms with Gasteiger partial charge in [-0.3, -0.25) is 19.1 Å². The molecule has 4 aromatic heterocycles. The minimum absolute atomic E-state index is 0.0321. The first-order valence-electron chi connectivity index (χ1n) is 12.9. The SMILES string of the molecule is CCn1ncc(-c2cc(C(F)(F)F)nc3sc(C(N)=O)c(NC(=O)c4ccc(COc5ccc(C(C)=O)cc5)o4)c23)c1C. The molecule has 0 fully saturated rings. The number of halogens is 3. The zero-order chi connectivity index (χ0) is 31.1. The van der Waals surface area contributed by atoms with Crippen molar-refractivity contribution in [2.45, 2.75) is 40.1 Å². The number of primary amides is 1. The molecule has 0 radical (unpaired) electrons. The van der Waals surface area contributed by atoms with Gasteiger partial charge in [-0.1, -0.05) is 0 Å². The number of pyridine rings is 1. The first kappa shape index (κ1) is 29.5. The third kappa shape index (κ3) is 5.86. The van der Waals surface area contributed by atoms with Crippen LogP contribution in [0.4, 0.5) is 18.9 Å². The molecule has 10 nitrogen and oxygen atoms in total. The van der Waals surface area contributed by atoms with Crippen molar-refractivity contribution in [3.63, 3.8) is 0 Å². The second-order valence-electron chi connectivity index (χ2n) is 9.45. The minimum Gasteiger partial charge on any atom is -0.486 e.